The van der Waals surface area contributed by atoms with Crippen LogP contribution in [0.4, 0.5) is 0 Å². The van der Waals surface area contributed by atoms with E-state index in [-0.39, 0.29) is 6.61 Å². The van der Waals surface area contributed by atoms with Crippen molar-refractivity contribution in [1.82, 2.24) is 0 Å². The van der Waals surface area contributed by atoms with Crippen LogP contribution in [0.25, 0.3) is 0 Å². The molecule has 3 heteroatoms. The molecule has 0 bridgehead atoms. The maximum Gasteiger partial charge on any atom is 0.0773 e. The molecular weight excluding hydrogens is 184 g/mol. The summed E-state index contributed by atoms with van der Waals surface area (Å²) < 4.78 is 11.4. The summed E-state index contributed by atoms with van der Waals surface area (Å²) in [6, 6.07) is 7.49. The highest BCUT2D eigenvalue weighted by molar-refractivity contribution is 7.88. The van der Waals surface area contributed by atoms with Gasteiger partial charge in [-0.3, -0.25) is 0 Å². The van der Waals surface area contributed by atoms with Crippen molar-refractivity contribution in [1.29, 1.82) is 0 Å². The van der Waals surface area contributed by atoms with Gasteiger partial charge in [0.05, 0.1) is 17.4 Å². The Hall–Kier alpha value is -0.930. The Kier molecular flexibility index (Phi) is 3.86. The Morgan fingerprint density at radius 1 is 1.38 bits per heavy atom. The second kappa shape index (κ2) is 4.94. The van der Waals surface area contributed by atoms with Gasteiger partial charge in [0.1, 0.15) is 0 Å². The van der Waals surface area contributed by atoms with Crippen molar-refractivity contribution in [3.05, 3.63) is 41.3 Å². The lowest BCUT2D eigenvalue weighted by molar-refractivity contribution is 0.343. The first-order valence-corrected chi connectivity index (χ1v) is 5.20. The third-order valence-electron chi connectivity index (χ3n) is 1.58. The van der Waals surface area contributed by atoms with E-state index in [1.807, 2.05) is 31.2 Å². The summed E-state index contributed by atoms with van der Waals surface area (Å²) in [5, 5.41) is 9.98. The SMILES string of the molecule is Cc1ccc(S(=O)/C=C/CO)cc1. The van der Waals surface area contributed by atoms with Gasteiger partial charge in [0.25, 0.3) is 0 Å². The normalized spacial score (nSPS) is 13.4. The van der Waals surface area contributed by atoms with Crippen LogP contribution in [0.5, 0.6) is 0 Å². The highest BCUT2D eigenvalue weighted by Gasteiger charge is 1.97. The first kappa shape index (κ1) is 10.2. The predicted molar refractivity (Wildman–Crippen MR) is 53.8 cm³/mol. The van der Waals surface area contributed by atoms with Gasteiger partial charge in [-0.2, -0.15) is 0 Å². The van der Waals surface area contributed by atoms with Gasteiger partial charge in [-0.25, -0.2) is 4.21 Å². The van der Waals surface area contributed by atoms with Crippen LogP contribution in [0.1, 0.15) is 5.56 Å². The molecule has 1 aromatic rings. The molecule has 0 aliphatic rings. The van der Waals surface area contributed by atoms with Gasteiger partial charge in [-0.15, -0.1) is 0 Å². The van der Waals surface area contributed by atoms with Crippen LogP contribution in [0.3, 0.4) is 0 Å². The molecule has 1 rings (SSSR count). The van der Waals surface area contributed by atoms with Gasteiger partial charge in [0.15, 0.2) is 0 Å². The minimum atomic E-state index is -1.13. The standard InChI is InChI=1S/C10H12O2S/c1-9-3-5-10(6-4-9)13(12)8-2-7-11/h2-6,8,11H,7H2,1H3/b8-2+. The van der Waals surface area contributed by atoms with E-state index >= 15 is 0 Å². The lowest BCUT2D eigenvalue weighted by Crippen LogP contribution is -1.86. The van der Waals surface area contributed by atoms with Crippen LogP contribution in [-0.2, 0) is 10.8 Å². The molecule has 0 aliphatic carbocycles. The van der Waals surface area contributed by atoms with Gasteiger partial charge < -0.3 is 5.11 Å². The summed E-state index contributed by atoms with van der Waals surface area (Å²) in [4.78, 5) is 0.760. The second-order valence-electron chi connectivity index (χ2n) is 2.66. The van der Waals surface area contributed by atoms with E-state index in [1.165, 1.54) is 11.5 Å². The molecule has 0 fully saturated rings. The van der Waals surface area contributed by atoms with Crippen molar-refractivity contribution in [2.24, 2.45) is 0 Å². The molecule has 70 valence electrons. The van der Waals surface area contributed by atoms with Crippen molar-refractivity contribution in [2.45, 2.75) is 11.8 Å². The Morgan fingerprint density at radius 2 is 2.00 bits per heavy atom. The molecule has 1 atom stereocenters. The number of aryl methyl sites for hydroxylation is 1. The molecule has 1 aromatic carbocycles. The number of hydrogen-bond acceptors (Lipinski definition) is 2. The quantitative estimate of drug-likeness (QED) is 0.797. The van der Waals surface area contributed by atoms with Gasteiger partial charge in [-0.1, -0.05) is 23.8 Å². The fraction of sp³-hybridized carbons (Fsp3) is 0.200. The molecule has 0 radical (unpaired) electrons. The maximum absolute atomic E-state index is 11.4. The smallest absolute Gasteiger partial charge is 0.0773 e. The summed E-state index contributed by atoms with van der Waals surface area (Å²) in [6.45, 7) is 1.91. The Morgan fingerprint density at radius 3 is 2.54 bits per heavy atom. The minimum absolute atomic E-state index is 0.0718. The van der Waals surface area contributed by atoms with Gasteiger partial charge in [-0.05, 0) is 19.1 Å². The molecule has 0 saturated carbocycles. The molecule has 0 spiro atoms. The topological polar surface area (TPSA) is 37.3 Å². The zero-order valence-electron chi connectivity index (χ0n) is 7.43. The summed E-state index contributed by atoms with van der Waals surface area (Å²) in [5.41, 5.74) is 1.15. The molecule has 0 heterocycles. The zero-order chi connectivity index (χ0) is 9.68. The van der Waals surface area contributed by atoms with Crippen LogP contribution in [-0.4, -0.2) is 15.9 Å². The lowest BCUT2D eigenvalue weighted by atomic mass is 10.2. The van der Waals surface area contributed by atoms with E-state index in [1.54, 1.807) is 0 Å². The van der Waals surface area contributed by atoms with Crippen LogP contribution < -0.4 is 0 Å². The molecule has 2 nitrogen and oxygen atoms in total. The van der Waals surface area contributed by atoms with E-state index in [2.05, 4.69) is 0 Å². The van der Waals surface area contributed by atoms with Gasteiger partial charge >= 0.3 is 0 Å². The summed E-state index contributed by atoms with van der Waals surface area (Å²) in [6.07, 6.45) is 1.48. The van der Waals surface area contributed by atoms with E-state index in [0.717, 1.165) is 10.5 Å². The second-order valence-corrected chi connectivity index (χ2v) is 4.00. The average molecular weight is 196 g/mol. The van der Waals surface area contributed by atoms with Crippen LogP contribution in [0, 0.1) is 6.92 Å². The van der Waals surface area contributed by atoms with Gasteiger partial charge in [0.2, 0.25) is 0 Å². The average Bonchev–Trinajstić information content (AvgIpc) is 2.15. The molecule has 0 aliphatic heterocycles. The van der Waals surface area contributed by atoms with Crippen LogP contribution >= 0.6 is 0 Å². The lowest BCUT2D eigenvalue weighted by Gasteiger charge is -1.96. The predicted octanol–water partition coefficient (Wildman–Crippen LogP) is 1.61. The Labute approximate surface area is 80.4 Å². The van der Waals surface area contributed by atoms with Crippen LogP contribution in [0.15, 0.2) is 40.6 Å². The molecule has 1 unspecified atom stereocenters. The number of rotatable bonds is 3. The van der Waals surface area contributed by atoms with Crippen molar-refractivity contribution in [2.75, 3.05) is 6.61 Å². The summed E-state index contributed by atoms with van der Waals surface area (Å²) in [5.74, 6) is 0. The molecule has 13 heavy (non-hydrogen) atoms. The van der Waals surface area contributed by atoms with Crippen LogP contribution in [0.2, 0.25) is 0 Å². The minimum Gasteiger partial charge on any atom is -0.392 e. The first-order valence-electron chi connectivity index (χ1n) is 3.99. The number of aliphatic hydroxyl groups excluding tert-OH is 1. The fourth-order valence-electron chi connectivity index (χ4n) is 0.881. The monoisotopic (exact) mass is 196 g/mol. The Bertz CT molecular complexity index is 314. The summed E-state index contributed by atoms with van der Waals surface area (Å²) >= 11 is 0. The van der Waals surface area contributed by atoms with Gasteiger partial charge in [0, 0.05) is 10.3 Å². The molecule has 0 saturated heterocycles. The molecular formula is C10H12O2S. The molecule has 0 aromatic heterocycles. The third-order valence-corrected chi connectivity index (χ3v) is 2.75. The van der Waals surface area contributed by atoms with E-state index in [0.29, 0.717) is 0 Å². The largest absolute Gasteiger partial charge is 0.392 e. The number of aliphatic hydroxyl groups is 1. The maximum atomic E-state index is 11.4. The van der Waals surface area contributed by atoms with Crippen molar-refractivity contribution < 1.29 is 9.32 Å². The highest BCUT2D eigenvalue weighted by atomic mass is 32.2. The molecule has 0 amide bonds. The molecule has 1 N–H and O–H groups in total. The fourth-order valence-corrected chi connectivity index (χ4v) is 1.70. The van der Waals surface area contributed by atoms with E-state index in [4.69, 9.17) is 5.11 Å². The first-order chi connectivity index (χ1) is 6.24. The van der Waals surface area contributed by atoms with Crippen molar-refractivity contribution >= 4 is 10.8 Å². The Balaban J connectivity index is 2.78. The number of benzene rings is 1. The van der Waals surface area contributed by atoms with E-state index < -0.39 is 10.8 Å². The number of hydrogen-bond donors (Lipinski definition) is 1. The van der Waals surface area contributed by atoms with E-state index in [9.17, 15) is 4.21 Å². The highest BCUT2D eigenvalue weighted by Crippen LogP contribution is 2.08. The van der Waals surface area contributed by atoms with Crippen molar-refractivity contribution in [3.8, 4) is 0 Å². The summed E-state index contributed by atoms with van der Waals surface area (Å²) in [7, 11) is -1.13. The zero-order valence-corrected chi connectivity index (χ0v) is 8.25. The third kappa shape index (κ3) is 3.13. The van der Waals surface area contributed by atoms with Crippen molar-refractivity contribution in [3.63, 3.8) is 0 Å².